The molecule has 10 nitrogen and oxygen atoms in total. The smallest absolute Gasteiger partial charge is 0.339 e. The molecule has 0 bridgehead atoms. The molecule has 32 heavy (non-hydrogen) atoms. The Hall–Kier alpha value is -3.60. The van der Waals surface area contributed by atoms with Crippen molar-refractivity contribution in [1.82, 2.24) is 0 Å². The monoisotopic (exact) mass is 464 g/mol. The van der Waals surface area contributed by atoms with Crippen LogP contribution < -0.4 is 10.0 Å². The van der Waals surface area contributed by atoms with Crippen LogP contribution in [0.5, 0.6) is 0 Å². The van der Waals surface area contributed by atoms with Crippen molar-refractivity contribution in [3.8, 4) is 0 Å². The average Bonchev–Trinajstić information content (AvgIpc) is 2.78. The van der Waals surface area contributed by atoms with Gasteiger partial charge in [0.25, 0.3) is 10.0 Å². The quantitative estimate of drug-likeness (QED) is 0.424. The van der Waals surface area contributed by atoms with Gasteiger partial charge in [0.2, 0.25) is 0 Å². The number of carbonyl (C=O) groups excluding carboxylic acids is 3. The van der Waals surface area contributed by atoms with Crippen LogP contribution in [0.1, 0.15) is 44.9 Å². The molecule has 0 heterocycles. The number of hydrogen-bond donors (Lipinski definition) is 2. The Morgan fingerprint density at radius 3 is 2.06 bits per heavy atom. The summed E-state index contributed by atoms with van der Waals surface area (Å²) in [7, 11) is -2.16. The van der Waals surface area contributed by atoms with Crippen molar-refractivity contribution in [2.45, 2.75) is 18.7 Å². The highest BCUT2D eigenvalue weighted by Crippen LogP contribution is 2.28. The molecule has 0 amide bonds. The number of rotatable bonds is 9. The van der Waals surface area contributed by atoms with Crippen molar-refractivity contribution in [3.05, 3.63) is 53.1 Å². The lowest BCUT2D eigenvalue weighted by Crippen LogP contribution is -2.20. The van der Waals surface area contributed by atoms with Gasteiger partial charge >= 0.3 is 17.9 Å². The number of methoxy groups -OCH3 is 2. The van der Waals surface area contributed by atoms with Gasteiger partial charge in [0.15, 0.2) is 0 Å². The fourth-order valence-corrected chi connectivity index (χ4v) is 4.07. The molecule has 2 aromatic carbocycles. The minimum Gasteiger partial charge on any atom is -0.465 e. The van der Waals surface area contributed by atoms with E-state index < -0.39 is 32.8 Å². The standard InChI is InChI=1S/C21H24N2O8S/c1-5-22-16-10-8-13(20(25)31-6-2)11-17(16)23-32(27,28)18-12-14(19(24)29-3)7-9-15(18)21(26)30-4/h7-12,22-23H,5-6H2,1-4H3. The van der Waals surface area contributed by atoms with Gasteiger partial charge in [-0.05, 0) is 50.2 Å². The van der Waals surface area contributed by atoms with Crippen LogP contribution in [0.15, 0.2) is 41.3 Å². The predicted octanol–water partition coefficient (Wildman–Crippen LogP) is 2.67. The zero-order chi connectivity index (χ0) is 23.9. The molecule has 0 aliphatic rings. The van der Waals surface area contributed by atoms with Crippen molar-refractivity contribution in [2.24, 2.45) is 0 Å². The molecule has 0 spiro atoms. The Bertz CT molecular complexity index is 1130. The van der Waals surface area contributed by atoms with Crippen molar-refractivity contribution < 1.29 is 37.0 Å². The summed E-state index contributed by atoms with van der Waals surface area (Å²) in [6.45, 7) is 4.08. The number of sulfonamides is 1. The van der Waals surface area contributed by atoms with E-state index in [1.54, 1.807) is 6.92 Å². The first-order valence-electron chi connectivity index (χ1n) is 9.57. The first-order chi connectivity index (χ1) is 15.2. The largest absolute Gasteiger partial charge is 0.465 e. The topological polar surface area (TPSA) is 137 Å². The fraction of sp³-hybridized carbons (Fsp3) is 0.286. The number of carbonyl (C=O) groups is 3. The number of ether oxygens (including phenoxy) is 3. The lowest BCUT2D eigenvalue weighted by atomic mass is 10.1. The van der Waals surface area contributed by atoms with Crippen molar-refractivity contribution >= 4 is 39.3 Å². The molecular weight excluding hydrogens is 440 g/mol. The van der Waals surface area contributed by atoms with Gasteiger partial charge in [-0.25, -0.2) is 22.8 Å². The van der Waals surface area contributed by atoms with Gasteiger partial charge in [-0.1, -0.05) is 0 Å². The molecule has 2 N–H and O–H groups in total. The van der Waals surface area contributed by atoms with E-state index in [4.69, 9.17) is 4.74 Å². The highest BCUT2D eigenvalue weighted by molar-refractivity contribution is 7.92. The van der Waals surface area contributed by atoms with Gasteiger partial charge < -0.3 is 19.5 Å². The Labute approximate surface area is 185 Å². The van der Waals surface area contributed by atoms with Crippen LogP contribution in [-0.4, -0.2) is 53.7 Å². The number of hydrogen-bond acceptors (Lipinski definition) is 9. The fourth-order valence-electron chi connectivity index (χ4n) is 2.78. The van der Waals surface area contributed by atoms with E-state index in [9.17, 15) is 22.8 Å². The van der Waals surface area contributed by atoms with Gasteiger partial charge in [0.05, 0.1) is 48.9 Å². The van der Waals surface area contributed by atoms with Gasteiger partial charge in [0, 0.05) is 6.54 Å². The lowest BCUT2D eigenvalue weighted by molar-refractivity contribution is 0.0524. The van der Waals surface area contributed by atoms with E-state index in [1.807, 2.05) is 6.92 Å². The molecule has 0 fully saturated rings. The second-order valence-electron chi connectivity index (χ2n) is 6.31. The van der Waals surface area contributed by atoms with Crippen LogP contribution in [0.25, 0.3) is 0 Å². The molecule has 0 atom stereocenters. The van der Waals surface area contributed by atoms with Crippen molar-refractivity contribution in [1.29, 1.82) is 0 Å². The molecule has 0 aromatic heterocycles. The molecule has 2 aromatic rings. The Morgan fingerprint density at radius 1 is 0.844 bits per heavy atom. The minimum absolute atomic E-state index is 0.0525. The first kappa shape index (κ1) is 24.7. The number of benzene rings is 2. The van der Waals surface area contributed by atoms with Crippen LogP contribution >= 0.6 is 0 Å². The zero-order valence-corrected chi connectivity index (χ0v) is 18.9. The summed E-state index contributed by atoms with van der Waals surface area (Å²) in [6, 6.07) is 7.76. The highest BCUT2D eigenvalue weighted by atomic mass is 32.2. The van der Waals surface area contributed by atoms with Crippen LogP contribution in [0, 0.1) is 0 Å². The summed E-state index contributed by atoms with van der Waals surface area (Å²) >= 11 is 0. The van der Waals surface area contributed by atoms with Gasteiger partial charge in [-0.3, -0.25) is 4.72 Å². The molecule has 0 radical (unpaired) electrons. The molecule has 0 aliphatic carbocycles. The van der Waals surface area contributed by atoms with Crippen LogP contribution in [0.3, 0.4) is 0 Å². The third kappa shape index (κ3) is 5.55. The summed E-state index contributed by atoms with van der Waals surface area (Å²) in [5.41, 5.74) is 0.221. The molecule has 0 aliphatic heterocycles. The average molecular weight is 464 g/mol. The van der Waals surface area contributed by atoms with E-state index in [0.29, 0.717) is 12.2 Å². The van der Waals surface area contributed by atoms with E-state index >= 15 is 0 Å². The van der Waals surface area contributed by atoms with Crippen LogP contribution in [-0.2, 0) is 24.2 Å². The maximum absolute atomic E-state index is 13.3. The van der Waals surface area contributed by atoms with E-state index in [-0.39, 0.29) is 29.0 Å². The predicted molar refractivity (Wildman–Crippen MR) is 116 cm³/mol. The summed E-state index contributed by atoms with van der Waals surface area (Å²) in [4.78, 5) is 35.7. The summed E-state index contributed by atoms with van der Waals surface area (Å²) in [5.74, 6) is -2.32. The maximum atomic E-state index is 13.3. The first-order valence-corrected chi connectivity index (χ1v) is 11.0. The Balaban J connectivity index is 2.61. The second-order valence-corrected chi connectivity index (χ2v) is 7.96. The van der Waals surface area contributed by atoms with Crippen molar-refractivity contribution in [2.75, 3.05) is 37.4 Å². The Morgan fingerprint density at radius 2 is 1.47 bits per heavy atom. The van der Waals surface area contributed by atoms with E-state index in [2.05, 4.69) is 19.5 Å². The van der Waals surface area contributed by atoms with Crippen LogP contribution in [0.4, 0.5) is 11.4 Å². The van der Waals surface area contributed by atoms with Crippen LogP contribution in [0.2, 0.25) is 0 Å². The molecule has 0 saturated heterocycles. The van der Waals surface area contributed by atoms with Gasteiger partial charge in [-0.15, -0.1) is 0 Å². The van der Waals surface area contributed by atoms with E-state index in [1.165, 1.54) is 24.3 Å². The highest BCUT2D eigenvalue weighted by Gasteiger charge is 2.26. The summed E-state index contributed by atoms with van der Waals surface area (Å²) < 4.78 is 43.1. The molecule has 0 unspecified atom stereocenters. The molecule has 11 heteroatoms. The number of anilines is 2. The summed E-state index contributed by atoms with van der Waals surface area (Å²) in [6.07, 6.45) is 0. The molecule has 172 valence electrons. The van der Waals surface area contributed by atoms with Gasteiger partial charge in [-0.2, -0.15) is 0 Å². The SMILES string of the molecule is CCNc1ccc(C(=O)OCC)cc1NS(=O)(=O)c1cc(C(=O)OC)ccc1C(=O)OC. The zero-order valence-electron chi connectivity index (χ0n) is 18.1. The van der Waals surface area contributed by atoms with Gasteiger partial charge in [0.1, 0.15) is 4.90 Å². The summed E-state index contributed by atoms with van der Waals surface area (Å²) in [5, 5.41) is 2.99. The minimum atomic E-state index is -4.41. The second kappa shape index (κ2) is 10.6. The molecular formula is C21H24N2O8S. The lowest BCUT2D eigenvalue weighted by Gasteiger charge is -2.16. The molecule has 2 rings (SSSR count). The van der Waals surface area contributed by atoms with Crippen molar-refractivity contribution in [3.63, 3.8) is 0 Å². The molecule has 0 saturated carbocycles. The van der Waals surface area contributed by atoms with E-state index in [0.717, 1.165) is 26.4 Å². The maximum Gasteiger partial charge on any atom is 0.339 e. The third-order valence-corrected chi connectivity index (χ3v) is 5.65. The number of nitrogens with one attached hydrogen (secondary N) is 2. The Kier molecular flexibility index (Phi) is 8.19. The third-order valence-electron chi connectivity index (χ3n) is 4.24. The number of esters is 3. The normalized spacial score (nSPS) is 10.8.